The highest BCUT2D eigenvalue weighted by molar-refractivity contribution is 5.01. The van der Waals surface area contributed by atoms with E-state index in [-0.39, 0.29) is 12.7 Å². The van der Waals surface area contributed by atoms with E-state index in [9.17, 15) is 4.39 Å². The lowest BCUT2D eigenvalue weighted by molar-refractivity contribution is 0.177. The van der Waals surface area contributed by atoms with Gasteiger partial charge in [-0.15, -0.1) is 5.10 Å². The summed E-state index contributed by atoms with van der Waals surface area (Å²) in [6.07, 6.45) is 2.01. The van der Waals surface area contributed by atoms with Crippen LogP contribution in [0.5, 0.6) is 0 Å². The summed E-state index contributed by atoms with van der Waals surface area (Å²) in [6.45, 7) is 0.547. The zero-order valence-corrected chi connectivity index (χ0v) is 8.19. The third-order valence-corrected chi connectivity index (χ3v) is 1.88. The van der Waals surface area contributed by atoms with Gasteiger partial charge in [-0.2, -0.15) is 0 Å². The van der Waals surface area contributed by atoms with Gasteiger partial charge in [0.05, 0.1) is 31.2 Å². The van der Waals surface area contributed by atoms with Crippen LogP contribution in [-0.4, -0.2) is 35.4 Å². The Labute approximate surface area is 82.0 Å². The predicted molar refractivity (Wildman–Crippen MR) is 49.4 cm³/mol. The van der Waals surface area contributed by atoms with Gasteiger partial charge in [-0.1, -0.05) is 5.21 Å². The number of methoxy groups -OCH3 is 1. The Hall–Kier alpha value is -1.01. The van der Waals surface area contributed by atoms with Crippen molar-refractivity contribution in [1.82, 2.24) is 15.0 Å². The summed E-state index contributed by atoms with van der Waals surface area (Å²) in [5, 5.41) is 7.55. The number of halogens is 1. The number of ether oxygens (including phenoxy) is 1. The summed E-state index contributed by atoms with van der Waals surface area (Å²) in [6, 6.07) is -0.255. The van der Waals surface area contributed by atoms with E-state index in [0.717, 1.165) is 5.69 Å². The third kappa shape index (κ3) is 2.74. The molecule has 0 radical (unpaired) electrons. The number of rotatable bonds is 6. The molecule has 0 saturated heterocycles. The van der Waals surface area contributed by atoms with Crippen molar-refractivity contribution < 1.29 is 9.13 Å². The van der Waals surface area contributed by atoms with Crippen LogP contribution in [0.25, 0.3) is 0 Å². The van der Waals surface area contributed by atoms with E-state index in [2.05, 4.69) is 10.3 Å². The van der Waals surface area contributed by atoms with Crippen LogP contribution in [0.3, 0.4) is 0 Å². The van der Waals surface area contributed by atoms with Gasteiger partial charge in [0.2, 0.25) is 0 Å². The minimum atomic E-state index is -0.362. The minimum Gasteiger partial charge on any atom is -0.383 e. The maximum absolute atomic E-state index is 11.9. The average Bonchev–Trinajstić information content (AvgIpc) is 2.63. The van der Waals surface area contributed by atoms with Gasteiger partial charge in [0.15, 0.2) is 0 Å². The van der Waals surface area contributed by atoms with Crippen LogP contribution in [0.1, 0.15) is 18.2 Å². The molecule has 6 heteroatoms. The molecule has 0 amide bonds. The molecule has 1 aromatic rings. The number of hydrogen-bond donors (Lipinski definition) is 1. The van der Waals surface area contributed by atoms with Gasteiger partial charge in [0, 0.05) is 13.7 Å². The molecule has 1 atom stereocenters. The van der Waals surface area contributed by atoms with E-state index in [0.29, 0.717) is 19.6 Å². The molecule has 0 spiro atoms. The summed E-state index contributed by atoms with van der Waals surface area (Å²) in [7, 11) is 1.58. The smallest absolute Gasteiger partial charge is 0.0912 e. The average molecular weight is 202 g/mol. The molecule has 0 fully saturated rings. The standard InChI is InChI=1S/C8H15FN4O/c1-14-6-7(10)8-5-11-12-13(8)4-2-3-9/h5,7H,2-4,6,10H2,1H3. The first-order valence-corrected chi connectivity index (χ1v) is 4.48. The summed E-state index contributed by atoms with van der Waals surface area (Å²) < 4.78 is 18.5. The lowest BCUT2D eigenvalue weighted by Gasteiger charge is -2.11. The normalized spacial score (nSPS) is 13.1. The summed E-state index contributed by atoms with van der Waals surface area (Å²) in [5.74, 6) is 0. The van der Waals surface area contributed by atoms with E-state index in [1.807, 2.05) is 0 Å². The van der Waals surface area contributed by atoms with E-state index in [1.54, 1.807) is 18.0 Å². The maximum Gasteiger partial charge on any atom is 0.0912 e. The Kier molecular flexibility index (Phi) is 4.48. The van der Waals surface area contributed by atoms with Crippen molar-refractivity contribution in [2.45, 2.75) is 19.0 Å². The van der Waals surface area contributed by atoms with Gasteiger partial charge in [-0.3, -0.25) is 4.39 Å². The Balaban J connectivity index is 2.61. The molecule has 0 aliphatic heterocycles. The molecule has 80 valence electrons. The highest BCUT2D eigenvalue weighted by atomic mass is 19.1. The molecule has 0 bridgehead atoms. The second kappa shape index (κ2) is 5.66. The van der Waals surface area contributed by atoms with Crippen LogP contribution in [-0.2, 0) is 11.3 Å². The van der Waals surface area contributed by atoms with E-state index in [4.69, 9.17) is 10.5 Å². The van der Waals surface area contributed by atoms with Gasteiger partial charge in [0.1, 0.15) is 0 Å². The molecule has 0 aliphatic carbocycles. The fourth-order valence-electron chi connectivity index (χ4n) is 1.20. The van der Waals surface area contributed by atoms with Crippen LogP contribution < -0.4 is 5.73 Å². The molecule has 14 heavy (non-hydrogen) atoms. The van der Waals surface area contributed by atoms with Crippen molar-refractivity contribution in [3.8, 4) is 0 Å². The fraction of sp³-hybridized carbons (Fsp3) is 0.750. The highest BCUT2D eigenvalue weighted by Crippen LogP contribution is 2.08. The van der Waals surface area contributed by atoms with Gasteiger partial charge in [0.25, 0.3) is 0 Å². The Bertz CT molecular complexity index is 266. The van der Waals surface area contributed by atoms with Crippen molar-refractivity contribution in [3.05, 3.63) is 11.9 Å². The quantitative estimate of drug-likeness (QED) is 0.719. The fourth-order valence-corrected chi connectivity index (χ4v) is 1.20. The van der Waals surface area contributed by atoms with Crippen molar-refractivity contribution in [2.24, 2.45) is 5.73 Å². The predicted octanol–water partition coefficient (Wildman–Crippen LogP) is 0.284. The van der Waals surface area contributed by atoms with E-state index >= 15 is 0 Å². The molecule has 1 unspecified atom stereocenters. The van der Waals surface area contributed by atoms with Gasteiger partial charge in [-0.25, -0.2) is 4.68 Å². The lowest BCUT2D eigenvalue weighted by Crippen LogP contribution is -2.20. The molecule has 2 N–H and O–H groups in total. The second-order valence-corrected chi connectivity index (χ2v) is 2.99. The topological polar surface area (TPSA) is 66.0 Å². The van der Waals surface area contributed by atoms with Crippen molar-refractivity contribution in [3.63, 3.8) is 0 Å². The zero-order valence-electron chi connectivity index (χ0n) is 8.19. The first kappa shape index (κ1) is 11.1. The largest absolute Gasteiger partial charge is 0.383 e. The van der Waals surface area contributed by atoms with Crippen LogP contribution in [0.4, 0.5) is 4.39 Å². The summed E-state index contributed by atoms with van der Waals surface area (Å²) >= 11 is 0. The molecule has 1 rings (SSSR count). The van der Waals surface area contributed by atoms with Gasteiger partial charge < -0.3 is 10.5 Å². The Morgan fingerprint density at radius 3 is 3.14 bits per heavy atom. The SMILES string of the molecule is COCC(N)c1cnnn1CCCF. The molecule has 0 aliphatic rings. The Morgan fingerprint density at radius 1 is 1.71 bits per heavy atom. The Morgan fingerprint density at radius 2 is 2.50 bits per heavy atom. The molecule has 5 nitrogen and oxygen atoms in total. The molecular formula is C8H15FN4O. The lowest BCUT2D eigenvalue weighted by atomic mass is 10.2. The summed E-state index contributed by atoms with van der Waals surface area (Å²) in [5.41, 5.74) is 6.58. The number of nitrogens with two attached hydrogens (primary N) is 1. The summed E-state index contributed by atoms with van der Waals surface area (Å²) in [4.78, 5) is 0. The first-order valence-electron chi connectivity index (χ1n) is 4.48. The van der Waals surface area contributed by atoms with E-state index < -0.39 is 0 Å². The first-order chi connectivity index (χ1) is 6.79. The van der Waals surface area contributed by atoms with Gasteiger partial charge >= 0.3 is 0 Å². The van der Waals surface area contributed by atoms with Crippen molar-refractivity contribution in [2.75, 3.05) is 20.4 Å². The van der Waals surface area contributed by atoms with Crippen molar-refractivity contribution in [1.29, 1.82) is 0 Å². The number of aromatic nitrogens is 3. The third-order valence-electron chi connectivity index (χ3n) is 1.88. The van der Waals surface area contributed by atoms with Crippen molar-refractivity contribution >= 4 is 0 Å². The molecular weight excluding hydrogens is 187 g/mol. The molecule has 1 aromatic heterocycles. The molecule has 0 saturated carbocycles. The number of aryl methyl sites for hydroxylation is 1. The minimum absolute atomic E-state index is 0.255. The van der Waals surface area contributed by atoms with Crippen LogP contribution in [0, 0.1) is 0 Å². The maximum atomic E-state index is 11.9. The second-order valence-electron chi connectivity index (χ2n) is 2.99. The molecule has 1 heterocycles. The monoisotopic (exact) mass is 202 g/mol. The van der Waals surface area contributed by atoms with Crippen LogP contribution >= 0.6 is 0 Å². The number of hydrogen-bond acceptors (Lipinski definition) is 4. The van der Waals surface area contributed by atoms with E-state index in [1.165, 1.54) is 0 Å². The number of alkyl halides is 1. The zero-order chi connectivity index (χ0) is 10.4. The van der Waals surface area contributed by atoms with Crippen LogP contribution in [0.15, 0.2) is 6.20 Å². The highest BCUT2D eigenvalue weighted by Gasteiger charge is 2.11. The van der Waals surface area contributed by atoms with Crippen LogP contribution in [0.2, 0.25) is 0 Å². The van der Waals surface area contributed by atoms with Gasteiger partial charge in [-0.05, 0) is 6.42 Å². The number of nitrogens with zero attached hydrogens (tertiary/aromatic N) is 3. The molecule has 0 aromatic carbocycles.